The average molecular weight is 399 g/mol. The summed E-state index contributed by atoms with van der Waals surface area (Å²) in [5.74, 6) is 0. The summed E-state index contributed by atoms with van der Waals surface area (Å²) in [6.45, 7) is 20.7. The fraction of sp³-hybridized carbons (Fsp3) is 0.700. The maximum absolute atomic E-state index is 6.25. The zero-order valence-electron chi connectivity index (χ0n) is 18.3. The molecule has 0 aliphatic heterocycles. The molecule has 6 heteroatoms. The van der Waals surface area contributed by atoms with E-state index >= 15 is 0 Å². The SMILES string of the molecule is CC(C)O[Si](C)(OC(C)C)c1ccc([Si](C)(OC(C)C)OC(C)C)cc1. The molecule has 0 aliphatic carbocycles. The summed E-state index contributed by atoms with van der Waals surface area (Å²) in [5.41, 5.74) is 0. The van der Waals surface area contributed by atoms with E-state index in [4.69, 9.17) is 17.7 Å². The monoisotopic (exact) mass is 398 g/mol. The first-order valence-electron chi connectivity index (χ1n) is 9.70. The van der Waals surface area contributed by atoms with Crippen LogP contribution in [0, 0.1) is 0 Å². The quantitative estimate of drug-likeness (QED) is 0.559. The Hall–Kier alpha value is -0.506. The lowest BCUT2D eigenvalue weighted by Crippen LogP contribution is -2.56. The Morgan fingerprint density at radius 2 is 0.692 bits per heavy atom. The van der Waals surface area contributed by atoms with Gasteiger partial charge in [-0.25, -0.2) is 0 Å². The Balaban J connectivity index is 3.20. The Labute approximate surface area is 162 Å². The Bertz CT molecular complexity index is 472. The van der Waals surface area contributed by atoms with Gasteiger partial charge in [-0.2, -0.15) is 0 Å². The molecule has 1 aromatic carbocycles. The predicted octanol–water partition coefficient (Wildman–Crippen LogP) is 3.94. The number of rotatable bonds is 10. The van der Waals surface area contributed by atoms with Gasteiger partial charge in [0.1, 0.15) is 0 Å². The topological polar surface area (TPSA) is 36.9 Å². The van der Waals surface area contributed by atoms with Crippen molar-refractivity contribution in [2.24, 2.45) is 0 Å². The number of benzene rings is 1. The molecule has 0 aliphatic rings. The summed E-state index contributed by atoms with van der Waals surface area (Å²) in [6.07, 6.45) is 0.494. The molecule has 0 heterocycles. The normalized spacial score (nSPS) is 13.5. The lowest BCUT2D eigenvalue weighted by molar-refractivity contribution is 0.118. The van der Waals surface area contributed by atoms with Crippen molar-refractivity contribution in [1.82, 2.24) is 0 Å². The first kappa shape index (κ1) is 23.5. The maximum atomic E-state index is 6.25. The van der Waals surface area contributed by atoms with Crippen LogP contribution in [0.4, 0.5) is 0 Å². The van der Waals surface area contributed by atoms with Gasteiger partial charge in [0.25, 0.3) is 0 Å². The van der Waals surface area contributed by atoms with Crippen molar-refractivity contribution < 1.29 is 17.7 Å². The van der Waals surface area contributed by atoms with E-state index in [0.717, 1.165) is 10.4 Å². The second kappa shape index (κ2) is 9.62. The minimum Gasteiger partial charge on any atom is -0.389 e. The van der Waals surface area contributed by atoms with Gasteiger partial charge in [0.2, 0.25) is 0 Å². The highest BCUT2D eigenvalue weighted by atomic mass is 28.4. The minimum atomic E-state index is -2.46. The van der Waals surface area contributed by atoms with Crippen molar-refractivity contribution in [3.63, 3.8) is 0 Å². The van der Waals surface area contributed by atoms with Gasteiger partial charge in [-0.1, -0.05) is 24.3 Å². The molecule has 0 fully saturated rings. The number of hydrogen-bond acceptors (Lipinski definition) is 4. The molecule has 0 saturated carbocycles. The molecule has 0 saturated heterocycles. The van der Waals surface area contributed by atoms with Crippen molar-refractivity contribution in [2.45, 2.75) is 92.9 Å². The maximum Gasteiger partial charge on any atom is 0.369 e. The predicted molar refractivity (Wildman–Crippen MR) is 114 cm³/mol. The van der Waals surface area contributed by atoms with Crippen LogP contribution in [-0.2, 0) is 17.7 Å². The summed E-state index contributed by atoms with van der Waals surface area (Å²) in [4.78, 5) is 0. The number of hydrogen-bond donors (Lipinski definition) is 0. The summed E-state index contributed by atoms with van der Waals surface area (Å²) >= 11 is 0. The Kier molecular flexibility index (Phi) is 8.70. The van der Waals surface area contributed by atoms with E-state index in [9.17, 15) is 0 Å². The first-order valence-corrected chi connectivity index (χ1v) is 14.3. The van der Waals surface area contributed by atoms with Crippen LogP contribution in [0.3, 0.4) is 0 Å². The molecule has 26 heavy (non-hydrogen) atoms. The van der Waals surface area contributed by atoms with Crippen LogP contribution in [0.5, 0.6) is 0 Å². The molecule has 0 spiro atoms. The van der Waals surface area contributed by atoms with E-state index in [1.54, 1.807) is 0 Å². The third-order valence-corrected chi connectivity index (χ3v) is 10.2. The fourth-order valence-corrected chi connectivity index (χ4v) is 9.00. The summed E-state index contributed by atoms with van der Waals surface area (Å²) in [7, 11) is -4.93. The standard InChI is InChI=1S/C20H38O4Si2/c1-15(2)21-25(9,22-16(3)4)19-11-13-20(14-12-19)26(10,23-17(5)6)24-18(7)8/h11-18H,1-10H3. The molecule has 1 aromatic rings. The molecule has 4 nitrogen and oxygen atoms in total. The molecule has 0 atom stereocenters. The van der Waals surface area contributed by atoms with Gasteiger partial charge in [0.15, 0.2) is 0 Å². The molecule has 0 aromatic heterocycles. The van der Waals surface area contributed by atoms with Crippen molar-refractivity contribution in [3.05, 3.63) is 24.3 Å². The second-order valence-corrected chi connectivity index (χ2v) is 14.0. The average Bonchev–Trinajstić information content (AvgIpc) is 2.43. The van der Waals surface area contributed by atoms with Crippen LogP contribution in [0.1, 0.15) is 55.4 Å². The van der Waals surface area contributed by atoms with Crippen molar-refractivity contribution >= 4 is 27.5 Å². The molecule has 0 amide bonds. The van der Waals surface area contributed by atoms with Gasteiger partial charge >= 0.3 is 17.1 Å². The highest BCUT2D eigenvalue weighted by molar-refractivity contribution is 6.81. The van der Waals surface area contributed by atoms with E-state index in [2.05, 4.69) is 92.7 Å². The van der Waals surface area contributed by atoms with E-state index < -0.39 is 17.1 Å². The molecule has 0 radical (unpaired) electrons. The summed E-state index contributed by atoms with van der Waals surface area (Å²) in [5, 5.41) is 2.27. The van der Waals surface area contributed by atoms with Crippen LogP contribution in [0.25, 0.3) is 0 Å². The van der Waals surface area contributed by atoms with Gasteiger partial charge in [0, 0.05) is 24.4 Å². The molecule has 1 rings (SSSR count). The van der Waals surface area contributed by atoms with E-state index in [1.807, 2.05) is 0 Å². The second-order valence-electron chi connectivity index (χ2n) is 8.14. The zero-order chi connectivity index (χ0) is 20.1. The van der Waals surface area contributed by atoms with Crippen LogP contribution in [0.15, 0.2) is 24.3 Å². The van der Waals surface area contributed by atoms with E-state index in [0.29, 0.717) is 0 Å². The third kappa shape index (κ3) is 6.90. The fourth-order valence-electron chi connectivity index (χ4n) is 3.20. The van der Waals surface area contributed by atoms with Gasteiger partial charge in [0.05, 0.1) is 0 Å². The smallest absolute Gasteiger partial charge is 0.369 e. The van der Waals surface area contributed by atoms with Gasteiger partial charge in [-0.15, -0.1) is 0 Å². The van der Waals surface area contributed by atoms with Gasteiger partial charge in [-0.3, -0.25) is 0 Å². The van der Waals surface area contributed by atoms with Crippen LogP contribution in [-0.4, -0.2) is 41.5 Å². The highest BCUT2D eigenvalue weighted by Gasteiger charge is 2.39. The Morgan fingerprint density at radius 3 is 0.846 bits per heavy atom. The van der Waals surface area contributed by atoms with Crippen LogP contribution in [0.2, 0.25) is 13.1 Å². The molecular formula is C20H38O4Si2. The molecule has 0 bridgehead atoms. The minimum absolute atomic E-state index is 0.123. The van der Waals surface area contributed by atoms with E-state index in [-0.39, 0.29) is 24.4 Å². The van der Waals surface area contributed by atoms with Gasteiger partial charge < -0.3 is 17.7 Å². The van der Waals surface area contributed by atoms with Crippen molar-refractivity contribution in [2.75, 3.05) is 0 Å². The van der Waals surface area contributed by atoms with Crippen molar-refractivity contribution in [3.8, 4) is 0 Å². The third-order valence-electron chi connectivity index (χ3n) is 3.78. The first-order chi connectivity index (χ1) is 11.9. The largest absolute Gasteiger partial charge is 0.389 e. The summed E-state index contributed by atoms with van der Waals surface area (Å²) < 4.78 is 25.0. The van der Waals surface area contributed by atoms with E-state index in [1.165, 1.54) is 0 Å². The zero-order valence-corrected chi connectivity index (χ0v) is 20.3. The molecule has 0 unspecified atom stereocenters. The van der Waals surface area contributed by atoms with Crippen molar-refractivity contribution in [1.29, 1.82) is 0 Å². The van der Waals surface area contributed by atoms with Crippen LogP contribution >= 0.6 is 0 Å². The lowest BCUT2D eigenvalue weighted by atomic mass is 10.4. The molecular weight excluding hydrogens is 360 g/mol. The lowest BCUT2D eigenvalue weighted by Gasteiger charge is -2.33. The molecule has 150 valence electrons. The Morgan fingerprint density at radius 1 is 0.500 bits per heavy atom. The molecule has 0 N–H and O–H groups in total. The van der Waals surface area contributed by atoms with Crippen LogP contribution < -0.4 is 10.4 Å². The summed E-state index contributed by atoms with van der Waals surface area (Å²) in [6, 6.07) is 8.52. The highest BCUT2D eigenvalue weighted by Crippen LogP contribution is 2.16. The van der Waals surface area contributed by atoms with Gasteiger partial charge in [-0.05, 0) is 78.9 Å².